The molecule has 1 saturated heterocycles. The van der Waals surface area contributed by atoms with E-state index in [1.54, 1.807) is 45.1 Å². The molecule has 7 nitrogen and oxygen atoms in total. The fourth-order valence-corrected chi connectivity index (χ4v) is 2.75. The van der Waals surface area contributed by atoms with Crippen molar-refractivity contribution in [1.29, 1.82) is 0 Å². The number of nitrogens with zero attached hydrogens (tertiary/aromatic N) is 2. The van der Waals surface area contributed by atoms with E-state index in [-0.39, 0.29) is 18.4 Å². The van der Waals surface area contributed by atoms with Crippen LogP contribution in [0.25, 0.3) is 0 Å². The maximum Gasteiger partial charge on any atom is 0.320 e. The molecule has 24 heavy (non-hydrogen) atoms. The van der Waals surface area contributed by atoms with Gasteiger partial charge in [-0.1, -0.05) is 0 Å². The summed E-state index contributed by atoms with van der Waals surface area (Å²) in [7, 11) is 3.14. The van der Waals surface area contributed by atoms with E-state index >= 15 is 0 Å². The molecule has 0 saturated carbocycles. The molecule has 0 unspecified atom stereocenters. The zero-order chi connectivity index (χ0) is 17.7. The van der Waals surface area contributed by atoms with Crippen molar-refractivity contribution in [3.8, 4) is 11.5 Å². The van der Waals surface area contributed by atoms with Crippen LogP contribution in [-0.4, -0.2) is 63.3 Å². The van der Waals surface area contributed by atoms with Gasteiger partial charge in [-0.05, 0) is 26.0 Å². The normalized spacial score (nSPS) is 18.4. The van der Waals surface area contributed by atoms with Gasteiger partial charge >= 0.3 is 5.97 Å². The van der Waals surface area contributed by atoms with Gasteiger partial charge in [0.2, 0.25) is 5.91 Å². The molecule has 1 fully saturated rings. The highest BCUT2D eigenvalue weighted by atomic mass is 16.5. The third-order valence-corrected chi connectivity index (χ3v) is 4.10. The minimum atomic E-state index is -0.407. The monoisotopic (exact) mass is 336 g/mol. The van der Waals surface area contributed by atoms with Crippen molar-refractivity contribution in [2.24, 2.45) is 0 Å². The number of carbonyl (C=O) groups is 2. The molecule has 7 heteroatoms. The fraction of sp³-hybridized carbons (Fsp3) is 0.529. The zero-order valence-corrected chi connectivity index (χ0v) is 14.6. The number of benzene rings is 1. The molecular formula is C17H24N2O5. The van der Waals surface area contributed by atoms with E-state index in [4.69, 9.17) is 14.2 Å². The molecule has 1 aliphatic rings. The Bertz CT molecular complexity index is 605. The average Bonchev–Trinajstić information content (AvgIpc) is 2.59. The van der Waals surface area contributed by atoms with Crippen LogP contribution in [0.5, 0.6) is 11.5 Å². The molecular weight excluding hydrogens is 312 g/mol. The Morgan fingerprint density at radius 3 is 2.62 bits per heavy atom. The number of hydrogen-bond acceptors (Lipinski definition) is 6. The van der Waals surface area contributed by atoms with Crippen LogP contribution in [0.4, 0.5) is 5.69 Å². The van der Waals surface area contributed by atoms with Gasteiger partial charge in [-0.3, -0.25) is 14.5 Å². The van der Waals surface area contributed by atoms with Gasteiger partial charge in [0, 0.05) is 19.2 Å². The lowest BCUT2D eigenvalue weighted by atomic mass is 10.1. The van der Waals surface area contributed by atoms with Crippen molar-refractivity contribution < 1.29 is 23.8 Å². The Morgan fingerprint density at radius 2 is 2.00 bits per heavy atom. The van der Waals surface area contributed by atoms with Gasteiger partial charge in [0.1, 0.15) is 11.5 Å². The van der Waals surface area contributed by atoms with Gasteiger partial charge in [-0.15, -0.1) is 0 Å². The number of hydrogen-bond donors (Lipinski definition) is 0. The predicted octanol–water partition coefficient (Wildman–Crippen LogP) is 1.30. The molecule has 1 aromatic rings. The van der Waals surface area contributed by atoms with E-state index in [2.05, 4.69) is 0 Å². The van der Waals surface area contributed by atoms with Crippen LogP contribution in [-0.2, 0) is 14.3 Å². The third kappa shape index (κ3) is 3.79. The van der Waals surface area contributed by atoms with E-state index in [1.807, 2.05) is 11.0 Å². The van der Waals surface area contributed by atoms with Crippen molar-refractivity contribution in [2.45, 2.75) is 19.9 Å². The summed E-state index contributed by atoms with van der Waals surface area (Å²) in [4.78, 5) is 27.9. The number of esters is 1. The Hall–Kier alpha value is -2.28. The quantitative estimate of drug-likeness (QED) is 0.730. The first-order valence-corrected chi connectivity index (χ1v) is 7.94. The van der Waals surface area contributed by atoms with E-state index < -0.39 is 6.04 Å². The second kappa shape index (κ2) is 8.01. The summed E-state index contributed by atoms with van der Waals surface area (Å²) in [6, 6.07) is 4.94. The highest BCUT2D eigenvalue weighted by molar-refractivity contribution is 5.99. The second-order valence-corrected chi connectivity index (χ2v) is 5.48. The second-order valence-electron chi connectivity index (χ2n) is 5.48. The lowest BCUT2D eigenvalue weighted by molar-refractivity contribution is -0.145. The summed E-state index contributed by atoms with van der Waals surface area (Å²) in [5.41, 5.74) is 0.700. The highest BCUT2D eigenvalue weighted by Gasteiger charge is 2.34. The van der Waals surface area contributed by atoms with Gasteiger partial charge in [0.05, 0.1) is 39.1 Å². The number of rotatable bonds is 6. The van der Waals surface area contributed by atoms with Gasteiger partial charge in [-0.25, -0.2) is 0 Å². The van der Waals surface area contributed by atoms with Gasteiger partial charge < -0.3 is 19.1 Å². The Kier molecular flexibility index (Phi) is 6.03. The molecule has 0 N–H and O–H groups in total. The van der Waals surface area contributed by atoms with Crippen molar-refractivity contribution in [3.05, 3.63) is 18.2 Å². The number of carbonyl (C=O) groups excluding carboxylic acids is 2. The minimum Gasteiger partial charge on any atom is -0.497 e. The average molecular weight is 336 g/mol. The first-order chi connectivity index (χ1) is 11.5. The summed E-state index contributed by atoms with van der Waals surface area (Å²) >= 11 is 0. The number of amides is 1. The lowest BCUT2D eigenvalue weighted by Gasteiger charge is -2.38. The van der Waals surface area contributed by atoms with Crippen LogP contribution >= 0.6 is 0 Å². The van der Waals surface area contributed by atoms with Crippen molar-refractivity contribution in [1.82, 2.24) is 4.90 Å². The smallest absolute Gasteiger partial charge is 0.320 e. The fourth-order valence-electron chi connectivity index (χ4n) is 2.75. The molecule has 0 aromatic heterocycles. The molecule has 1 aliphatic heterocycles. The number of methoxy groups -OCH3 is 2. The van der Waals surface area contributed by atoms with Crippen LogP contribution in [0.1, 0.15) is 13.8 Å². The highest BCUT2D eigenvalue weighted by Crippen LogP contribution is 2.33. The molecule has 0 radical (unpaired) electrons. The lowest BCUT2D eigenvalue weighted by Crippen LogP contribution is -2.57. The molecule has 2 rings (SSSR count). The molecule has 1 amide bonds. The first-order valence-electron chi connectivity index (χ1n) is 7.94. The van der Waals surface area contributed by atoms with Gasteiger partial charge in [0.25, 0.3) is 0 Å². The molecule has 0 aliphatic carbocycles. The number of piperazine rings is 1. The maximum absolute atomic E-state index is 12.7. The molecule has 132 valence electrons. The van der Waals surface area contributed by atoms with E-state index in [0.29, 0.717) is 36.9 Å². The van der Waals surface area contributed by atoms with Gasteiger partial charge in [0.15, 0.2) is 0 Å². The minimum absolute atomic E-state index is 0.0750. The third-order valence-electron chi connectivity index (χ3n) is 4.10. The Labute approximate surface area is 142 Å². The van der Waals surface area contributed by atoms with E-state index in [9.17, 15) is 9.59 Å². The van der Waals surface area contributed by atoms with Crippen LogP contribution in [0, 0.1) is 0 Å². The largest absolute Gasteiger partial charge is 0.497 e. The van der Waals surface area contributed by atoms with Crippen molar-refractivity contribution in [2.75, 3.05) is 45.4 Å². The van der Waals surface area contributed by atoms with Crippen LogP contribution in [0.15, 0.2) is 18.2 Å². The maximum atomic E-state index is 12.7. The number of anilines is 1. The zero-order valence-electron chi connectivity index (χ0n) is 14.6. The molecule has 1 atom stereocenters. The topological polar surface area (TPSA) is 68.3 Å². The van der Waals surface area contributed by atoms with Crippen LogP contribution < -0.4 is 14.4 Å². The summed E-state index contributed by atoms with van der Waals surface area (Å²) < 4.78 is 15.5. The van der Waals surface area contributed by atoms with Crippen LogP contribution in [0.2, 0.25) is 0 Å². The summed E-state index contributed by atoms with van der Waals surface area (Å²) in [5.74, 6) is 0.854. The molecule has 0 spiro atoms. The summed E-state index contributed by atoms with van der Waals surface area (Å²) in [6.45, 7) is 5.08. The first kappa shape index (κ1) is 18.1. The van der Waals surface area contributed by atoms with Crippen molar-refractivity contribution in [3.63, 3.8) is 0 Å². The van der Waals surface area contributed by atoms with Gasteiger partial charge in [-0.2, -0.15) is 0 Å². The van der Waals surface area contributed by atoms with Crippen LogP contribution in [0.3, 0.4) is 0 Å². The Morgan fingerprint density at radius 1 is 1.25 bits per heavy atom. The van der Waals surface area contributed by atoms with E-state index in [1.165, 1.54) is 0 Å². The Balaban J connectivity index is 2.15. The standard InChI is InChI=1S/C17H24N2O5/c1-5-24-16(20)11-18-8-9-19(17(21)12(18)2)14-7-6-13(22-3)10-15(14)23-4/h6-7,10,12H,5,8-9,11H2,1-4H3/t12-/m0/s1. The summed E-state index contributed by atoms with van der Waals surface area (Å²) in [6.07, 6.45) is 0. The molecule has 0 bridgehead atoms. The summed E-state index contributed by atoms with van der Waals surface area (Å²) in [5, 5.41) is 0. The van der Waals surface area contributed by atoms with Crippen molar-refractivity contribution >= 4 is 17.6 Å². The number of ether oxygens (including phenoxy) is 3. The predicted molar refractivity (Wildman–Crippen MR) is 89.6 cm³/mol. The van der Waals surface area contributed by atoms with E-state index in [0.717, 1.165) is 0 Å². The SMILES string of the molecule is CCOC(=O)CN1CCN(c2ccc(OC)cc2OC)C(=O)[C@@H]1C. The molecule has 1 heterocycles. The molecule has 1 aromatic carbocycles.